The van der Waals surface area contributed by atoms with E-state index in [0.717, 1.165) is 18.6 Å². The van der Waals surface area contributed by atoms with Crippen LogP contribution < -0.4 is 0 Å². The summed E-state index contributed by atoms with van der Waals surface area (Å²) in [6.07, 6.45) is 0.799. The molecule has 0 radical (unpaired) electrons. The van der Waals surface area contributed by atoms with E-state index >= 15 is 0 Å². The van der Waals surface area contributed by atoms with Gasteiger partial charge in [-0.25, -0.2) is 17.2 Å². The molecular formula is C19H17F2NO3S2. The maximum atomic E-state index is 13.2. The van der Waals surface area contributed by atoms with Crippen LogP contribution in [0.2, 0.25) is 0 Å². The van der Waals surface area contributed by atoms with Gasteiger partial charge in [0.05, 0.1) is 4.90 Å². The molecule has 3 rings (SSSR count). The second-order valence-electron chi connectivity index (χ2n) is 5.91. The van der Waals surface area contributed by atoms with Gasteiger partial charge in [-0.2, -0.15) is 4.98 Å². The first-order valence-electron chi connectivity index (χ1n) is 8.25. The maximum absolute atomic E-state index is 13.2. The Morgan fingerprint density at radius 2 is 1.59 bits per heavy atom. The lowest BCUT2D eigenvalue weighted by Crippen LogP contribution is -2.05. The number of hydrogen-bond acceptors (Lipinski definition) is 5. The average Bonchev–Trinajstić information content (AvgIpc) is 3.07. The summed E-state index contributed by atoms with van der Waals surface area (Å²) in [5.74, 6) is -0.865. The van der Waals surface area contributed by atoms with Crippen LogP contribution in [0.5, 0.6) is 0 Å². The van der Waals surface area contributed by atoms with E-state index in [0.29, 0.717) is 5.56 Å². The highest BCUT2D eigenvalue weighted by Gasteiger charge is 2.29. The Balaban J connectivity index is 2.11. The van der Waals surface area contributed by atoms with E-state index in [1.807, 2.05) is 13.8 Å². The summed E-state index contributed by atoms with van der Waals surface area (Å²) < 4.78 is 58.1. The number of sulfone groups is 1. The van der Waals surface area contributed by atoms with Crippen LogP contribution in [0.1, 0.15) is 20.3 Å². The first-order valence-corrected chi connectivity index (χ1v) is 10.6. The van der Waals surface area contributed by atoms with E-state index in [2.05, 4.69) is 4.98 Å². The third-order valence-corrected chi connectivity index (χ3v) is 6.95. The number of nitrogens with zero attached hydrogens (tertiary/aromatic N) is 1. The van der Waals surface area contributed by atoms with Gasteiger partial charge in [-0.15, -0.1) is 0 Å². The van der Waals surface area contributed by atoms with Crippen LogP contribution in [0.25, 0.3) is 11.5 Å². The Hall–Kier alpha value is -2.19. The van der Waals surface area contributed by atoms with Gasteiger partial charge in [0.2, 0.25) is 25.8 Å². The van der Waals surface area contributed by atoms with Crippen molar-refractivity contribution in [2.24, 2.45) is 0 Å². The minimum Gasteiger partial charge on any atom is -0.428 e. The second kappa shape index (κ2) is 7.82. The number of oxazole rings is 1. The molecule has 2 aromatic carbocycles. The van der Waals surface area contributed by atoms with E-state index < -0.39 is 21.5 Å². The molecule has 3 aromatic rings. The molecule has 1 aromatic heterocycles. The number of rotatable bonds is 6. The molecule has 0 saturated carbocycles. The number of thioether (sulfide) groups is 1. The van der Waals surface area contributed by atoms with Gasteiger partial charge in [-0.05, 0) is 55.0 Å². The SMILES string of the molecule is CCC(C)Sc1oc(-c2ccc(F)cc2)nc1S(=O)(=O)c1ccc(F)cc1. The highest BCUT2D eigenvalue weighted by atomic mass is 32.2. The Morgan fingerprint density at radius 3 is 2.15 bits per heavy atom. The lowest BCUT2D eigenvalue weighted by atomic mass is 10.2. The van der Waals surface area contributed by atoms with E-state index in [-0.39, 0.29) is 26.2 Å². The summed E-state index contributed by atoms with van der Waals surface area (Å²) in [5.41, 5.74) is 0.461. The third kappa shape index (κ3) is 4.22. The fourth-order valence-electron chi connectivity index (χ4n) is 2.24. The van der Waals surface area contributed by atoms with Crippen molar-refractivity contribution in [1.29, 1.82) is 0 Å². The van der Waals surface area contributed by atoms with Gasteiger partial charge >= 0.3 is 0 Å². The standard InChI is InChI=1S/C19H17F2NO3S2/c1-3-12(2)26-19-18(27(23,24)16-10-8-15(21)9-11-16)22-17(25-19)13-4-6-14(20)7-5-13/h4-12H,3H2,1-2H3. The molecule has 0 bridgehead atoms. The Morgan fingerprint density at radius 1 is 1.04 bits per heavy atom. The predicted molar refractivity (Wildman–Crippen MR) is 99.4 cm³/mol. The molecule has 0 aliphatic carbocycles. The van der Waals surface area contributed by atoms with Crippen LogP contribution >= 0.6 is 11.8 Å². The molecule has 142 valence electrons. The molecule has 1 atom stereocenters. The number of benzene rings is 2. The smallest absolute Gasteiger partial charge is 0.228 e. The molecule has 0 aliphatic rings. The summed E-state index contributed by atoms with van der Waals surface area (Å²) in [6.45, 7) is 3.92. The monoisotopic (exact) mass is 409 g/mol. The Kier molecular flexibility index (Phi) is 5.67. The van der Waals surface area contributed by atoms with E-state index in [1.165, 1.54) is 48.2 Å². The number of halogens is 2. The maximum Gasteiger partial charge on any atom is 0.228 e. The van der Waals surface area contributed by atoms with Crippen molar-refractivity contribution in [3.63, 3.8) is 0 Å². The van der Waals surface area contributed by atoms with Crippen LogP contribution in [0.3, 0.4) is 0 Å². The first-order chi connectivity index (χ1) is 12.8. The van der Waals surface area contributed by atoms with Crippen LogP contribution in [0.4, 0.5) is 8.78 Å². The van der Waals surface area contributed by atoms with Crippen molar-refractivity contribution in [3.05, 3.63) is 60.2 Å². The van der Waals surface area contributed by atoms with Crippen LogP contribution in [0, 0.1) is 11.6 Å². The van der Waals surface area contributed by atoms with Crippen LogP contribution in [-0.4, -0.2) is 18.7 Å². The topological polar surface area (TPSA) is 60.2 Å². The van der Waals surface area contributed by atoms with Crippen molar-refractivity contribution in [2.75, 3.05) is 0 Å². The molecule has 0 saturated heterocycles. The molecule has 1 unspecified atom stereocenters. The quantitative estimate of drug-likeness (QED) is 0.406. The molecule has 1 heterocycles. The van der Waals surface area contributed by atoms with Crippen molar-refractivity contribution >= 4 is 21.6 Å². The van der Waals surface area contributed by atoms with Crippen molar-refractivity contribution < 1.29 is 21.6 Å². The highest BCUT2D eigenvalue weighted by Crippen LogP contribution is 2.37. The number of hydrogen-bond donors (Lipinski definition) is 0. The van der Waals surface area contributed by atoms with E-state index in [4.69, 9.17) is 4.42 Å². The van der Waals surface area contributed by atoms with Crippen molar-refractivity contribution in [3.8, 4) is 11.5 Å². The average molecular weight is 409 g/mol. The zero-order valence-electron chi connectivity index (χ0n) is 14.6. The van der Waals surface area contributed by atoms with Crippen LogP contribution in [-0.2, 0) is 9.84 Å². The first kappa shape index (κ1) is 19.6. The minimum absolute atomic E-state index is 0.0751. The highest BCUT2D eigenvalue weighted by molar-refractivity contribution is 8.00. The summed E-state index contributed by atoms with van der Waals surface area (Å²) in [4.78, 5) is 4.10. The zero-order valence-corrected chi connectivity index (χ0v) is 16.3. The lowest BCUT2D eigenvalue weighted by Gasteiger charge is -2.07. The Labute approximate surface area is 160 Å². The van der Waals surface area contributed by atoms with Gasteiger partial charge < -0.3 is 4.42 Å². The van der Waals surface area contributed by atoms with Crippen molar-refractivity contribution in [2.45, 2.75) is 40.5 Å². The van der Waals surface area contributed by atoms with Gasteiger partial charge in [0.25, 0.3) is 0 Å². The lowest BCUT2D eigenvalue weighted by molar-refractivity contribution is 0.469. The summed E-state index contributed by atoms with van der Waals surface area (Å²) in [7, 11) is -4.00. The molecule has 0 amide bonds. The minimum atomic E-state index is -4.00. The molecule has 0 N–H and O–H groups in total. The summed E-state index contributed by atoms with van der Waals surface area (Å²) >= 11 is 1.26. The fraction of sp³-hybridized carbons (Fsp3) is 0.211. The van der Waals surface area contributed by atoms with Gasteiger partial charge in [-0.3, -0.25) is 0 Å². The molecular weight excluding hydrogens is 392 g/mol. The van der Waals surface area contributed by atoms with E-state index in [9.17, 15) is 17.2 Å². The summed E-state index contributed by atoms with van der Waals surface area (Å²) in [5, 5.41) is 0.0351. The Bertz CT molecular complexity index is 1030. The van der Waals surface area contributed by atoms with E-state index in [1.54, 1.807) is 0 Å². The van der Waals surface area contributed by atoms with Gasteiger partial charge in [0, 0.05) is 10.8 Å². The second-order valence-corrected chi connectivity index (χ2v) is 9.19. The fourth-order valence-corrected chi connectivity index (χ4v) is 4.70. The summed E-state index contributed by atoms with van der Waals surface area (Å²) in [6, 6.07) is 9.96. The predicted octanol–water partition coefficient (Wildman–Crippen LogP) is 5.34. The van der Waals surface area contributed by atoms with Gasteiger partial charge in [-0.1, -0.05) is 25.6 Å². The molecule has 27 heavy (non-hydrogen) atoms. The van der Waals surface area contributed by atoms with Crippen LogP contribution in [0.15, 0.2) is 68.0 Å². The molecule has 0 spiro atoms. The van der Waals surface area contributed by atoms with Gasteiger partial charge in [0.1, 0.15) is 11.6 Å². The normalized spacial score (nSPS) is 12.9. The molecule has 0 fully saturated rings. The van der Waals surface area contributed by atoms with Crippen molar-refractivity contribution in [1.82, 2.24) is 4.98 Å². The number of aromatic nitrogens is 1. The molecule has 0 aliphatic heterocycles. The molecule has 8 heteroatoms. The largest absolute Gasteiger partial charge is 0.428 e. The molecule has 4 nitrogen and oxygen atoms in total. The third-order valence-electron chi connectivity index (χ3n) is 3.92. The zero-order chi connectivity index (χ0) is 19.6. The van der Waals surface area contributed by atoms with Gasteiger partial charge in [0.15, 0.2) is 0 Å².